The highest BCUT2D eigenvalue weighted by molar-refractivity contribution is 5.26. The van der Waals surface area contributed by atoms with Crippen LogP contribution < -0.4 is 5.32 Å². The van der Waals surface area contributed by atoms with E-state index in [4.69, 9.17) is 4.74 Å². The third-order valence-corrected chi connectivity index (χ3v) is 11.7. The molecule has 30 heavy (non-hydrogen) atoms. The molecular weight excluding hydrogens is 370 g/mol. The summed E-state index contributed by atoms with van der Waals surface area (Å²) in [6.07, 6.45) is 13.8. The molecule has 3 nitrogen and oxygen atoms in total. The number of hydrogen-bond donors (Lipinski definition) is 2. The number of aliphatic hydroxyl groups is 1. The summed E-state index contributed by atoms with van der Waals surface area (Å²) < 4.78 is 7.04. The fraction of sp³-hybridized carbons (Fsp3) is 0.926. The lowest BCUT2D eigenvalue weighted by Gasteiger charge is -2.56. The molecule has 168 valence electrons. The Labute approximate surface area is 183 Å². The molecular formula is C27H43NO2. The van der Waals surface area contributed by atoms with Crippen LogP contribution in [-0.2, 0) is 4.74 Å². The molecule has 6 rings (SSSR count). The van der Waals surface area contributed by atoms with Crippen LogP contribution in [0.25, 0.3) is 0 Å². The molecule has 0 aromatic carbocycles. The first-order valence-corrected chi connectivity index (χ1v) is 13.1. The average molecular weight is 414 g/mol. The van der Waals surface area contributed by atoms with Crippen LogP contribution in [0.4, 0.5) is 0 Å². The molecule has 6 aliphatic rings. The number of rotatable bonds is 0. The minimum atomic E-state index is -0.0990. The highest BCUT2D eigenvalue weighted by atomic mass is 16.5. The predicted octanol–water partition coefficient (Wildman–Crippen LogP) is 5.29. The molecule has 0 amide bonds. The molecule has 1 spiro atoms. The highest BCUT2D eigenvalue weighted by Crippen LogP contribution is 2.69. The van der Waals surface area contributed by atoms with Crippen molar-refractivity contribution in [3.63, 3.8) is 0 Å². The van der Waals surface area contributed by atoms with Gasteiger partial charge in [0.2, 0.25) is 0 Å². The van der Waals surface area contributed by atoms with Crippen molar-refractivity contribution in [3.05, 3.63) is 11.6 Å². The summed E-state index contributed by atoms with van der Waals surface area (Å²) >= 11 is 0. The Morgan fingerprint density at radius 2 is 1.83 bits per heavy atom. The standard InChI is InChI=1S/C27H43NO2/c1-16-9-12-27(28-15-16)17(2)26(4)23-8-7-22-20(21(23)14-24(26)30-27)6-5-18-13-19(29)10-11-25(18,22)3/h5,16-17,19-24,28-29H,6-15H2,1-4H3/t16-,17+,19-,20+,21-,22-,23+,24-,25+,26-,27+/m1/s1. The average Bonchev–Trinajstić information content (AvgIpc) is 3.12. The van der Waals surface area contributed by atoms with Gasteiger partial charge in [0, 0.05) is 17.9 Å². The normalized spacial score (nSPS) is 59.8. The molecule has 0 bridgehead atoms. The number of hydrogen-bond acceptors (Lipinski definition) is 3. The molecule has 5 fully saturated rings. The van der Waals surface area contributed by atoms with Gasteiger partial charge >= 0.3 is 0 Å². The van der Waals surface area contributed by atoms with Gasteiger partial charge in [0.05, 0.1) is 12.2 Å². The molecule has 4 aliphatic carbocycles. The van der Waals surface area contributed by atoms with Gasteiger partial charge in [-0.05, 0) is 92.8 Å². The topological polar surface area (TPSA) is 41.5 Å². The van der Waals surface area contributed by atoms with Crippen molar-refractivity contribution in [1.29, 1.82) is 0 Å². The SMILES string of the molecule is C[C@@H]1CC[C@]2(NC1)O[C@@H]1C[C@@H]3[C@@H]4CC=C5C[C@H](O)CC[C@]5(C)[C@@H]4CC[C@@H]3[C@@]1(C)[C@@H]2C. The third kappa shape index (κ3) is 2.49. The quantitative estimate of drug-likeness (QED) is 0.530. The second-order valence-corrected chi connectivity index (χ2v) is 12.7. The van der Waals surface area contributed by atoms with Crippen LogP contribution in [-0.4, -0.2) is 29.6 Å². The van der Waals surface area contributed by atoms with Gasteiger partial charge < -0.3 is 9.84 Å². The van der Waals surface area contributed by atoms with Crippen LogP contribution >= 0.6 is 0 Å². The lowest BCUT2D eigenvalue weighted by molar-refractivity contribution is -0.110. The first-order valence-electron chi connectivity index (χ1n) is 13.1. The molecule has 0 unspecified atom stereocenters. The van der Waals surface area contributed by atoms with E-state index in [1.165, 1.54) is 44.9 Å². The van der Waals surface area contributed by atoms with E-state index < -0.39 is 0 Å². The van der Waals surface area contributed by atoms with Crippen LogP contribution in [0, 0.1) is 46.3 Å². The maximum absolute atomic E-state index is 10.3. The van der Waals surface area contributed by atoms with Crippen molar-refractivity contribution in [2.45, 2.75) is 103 Å². The Hall–Kier alpha value is -0.380. The van der Waals surface area contributed by atoms with E-state index in [0.29, 0.717) is 22.9 Å². The minimum Gasteiger partial charge on any atom is -0.393 e. The maximum Gasteiger partial charge on any atom is 0.122 e. The number of fused-ring (bicyclic) bond motifs is 7. The van der Waals surface area contributed by atoms with Crippen molar-refractivity contribution in [3.8, 4) is 0 Å². The number of piperidine rings is 1. The number of aliphatic hydroxyl groups excluding tert-OH is 1. The largest absolute Gasteiger partial charge is 0.393 e. The lowest BCUT2D eigenvalue weighted by atomic mass is 9.49. The van der Waals surface area contributed by atoms with Gasteiger partial charge in [-0.15, -0.1) is 0 Å². The summed E-state index contributed by atoms with van der Waals surface area (Å²) in [5, 5.41) is 14.1. The van der Waals surface area contributed by atoms with Crippen molar-refractivity contribution in [2.75, 3.05) is 6.54 Å². The van der Waals surface area contributed by atoms with Crippen molar-refractivity contribution in [1.82, 2.24) is 5.32 Å². The maximum atomic E-state index is 10.3. The van der Waals surface area contributed by atoms with Crippen LogP contribution in [0.2, 0.25) is 0 Å². The minimum absolute atomic E-state index is 0.0567. The monoisotopic (exact) mass is 413 g/mol. The first kappa shape index (κ1) is 20.2. The molecule has 0 aromatic rings. The van der Waals surface area contributed by atoms with E-state index in [9.17, 15) is 5.11 Å². The Morgan fingerprint density at radius 3 is 2.60 bits per heavy atom. The second-order valence-electron chi connectivity index (χ2n) is 12.7. The van der Waals surface area contributed by atoms with Gasteiger partial charge in [0.1, 0.15) is 5.72 Å². The summed E-state index contributed by atoms with van der Waals surface area (Å²) in [7, 11) is 0. The third-order valence-electron chi connectivity index (χ3n) is 11.7. The fourth-order valence-electron chi connectivity index (χ4n) is 9.70. The summed E-state index contributed by atoms with van der Waals surface area (Å²) in [4.78, 5) is 0. The van der Waals surface area contributed by atoms with E-state index >= 15 is 0 Å². The Balaban J connectivity index is 1.28. The Bertz CT molecular complexity index is 739. The van der Waals surface area contributed by atoms with E-state index in [1.54, 1.807) is 5.57 Å². The second kappa shape index (κ2) is 6.58. The van der Waals surface area contributed by atoms with Gasteiger partial charge in [-0.3, -0.25) is 5.32 Å². The summed E-state index contributed by atoms with van der Waals surface area (Å²) in [6.45, 7) is 11.1. The lowest BCUT2D eigenvalue weighted by Crippen LogP contribution is -2.57. The molecule has 0 radical (unpaired) electrons. The van der Waals surface area contributed by atoms with E-state index in [2.05, 4.69) is 39.1 Å². The van der Waals surface area contributed by atoms with Gasteiger partial charge in [0.25, 0.3) is 0 Å². The fourth-order valence-corrected chi connectivity index (χ4v) is 9.70. The molecule has 2 saturated heterocycles. The van der Waals surface area contributed by atoms with Crippen molar-refractivity contribution < 1.29 is 9.84 Å². The number of allylic oxidation sites excluding steroid dienone is 1. The van der Waals surface area contributed by atoms with Gasteiger partial charge in [-0.1, -0.05) is 39.3 Å². The Kier molecular flexibility index (Phi) is 4.44. The molecule has 2 heterocycles. The summed E-state index contributed by atoms with van der Waals surface area (Å²) in [6, 6.07) is 0. The van der Waals surface area contributed by atoms with Crippen molar-refractivity contribution in [2.24, 2.45) is 46.3 Å². The van der Waals surface area contributed by atoms with Crippen LogP contribution in [0.5, 0.6) is 0 Å². The first-order chi connectivity index (χ1) is 14.3. The highest BCUT2D eigenvalue weighted by Gasteiger charge is 2.69. The summed E-state index contributed by atoms with van der Waals surface area (Å²) in [5.74, 6) is 4.70. The Morgan fingerprint density at radius 1 is 1.03 bits per heavy atom. The van der Waals surface area contributed by atoms with Crippen LogP contribution in [0.3, 0.4) is 0 Å². The zero-order chi connectivity index (χ0) is 20.9. The predicted molar refractivity (Wildman–Crippen MR) is 120 cm³/mol. The molecule has 3 saturated carbocycles. The van der Waals surface area contributed by atoms with E-state index in [-0.39, 0.29) is 11.8 Å². The van der Waals surface area contributed by atoms with Gasteiger partial charge in [0.15, 0.2) is 0 Å². The number of nitrogens with one attached hydrogen (secondary N) is 1. The van der Waals surface area contributed by atoms with Crippen molar-refractivity contribution >= 4 is 0 Å². The zero-order valence-electron chi connectivity index (χ0n) is 19.6. The van der Waals surface area contributed by atoms with E-state index in [0.717, 1.165) is 49.0 Å². The van der Waals surface area contributed by atoms with Crippen LogP contribution in [0.1, 0.15) is 85.5 Å². The number of ether oxygens (including phenoxy) is 1. The zero-order valence-corrected chi connectivity index (χ0v) is 19.6. The molecule has 2 N–H and O–H groups in total. The molecule has 11 atom stereocenters. The van der Waals surface area contributed by atoms with Crippen LogP contribution in [0.15, 0.2) is 11.6 Å². The molecule has 0 aromatic heterocycles. The van der Waals surface area contributed by atoms with Gasteiger partial charge in [-0.2, -0.15) is 0 Å². The van der Waals surface area contributed by atoms with E-state index in [1.807, 2.05) is 0 Å². The molecule has 3 heteroatoms. The smallest absolute Gasteiger partial charge is 0.122 e. The molecule has 2 aliphatic heterocycles. The van der Waals surface area contributed by atoms with Gasteiger partial charge in [-0.25, -0.2) is 0 Å². The summed E-state index contributed by atoms with van der Waals surface area (Å²) in [5.41, 5.74) is 2.21.